The Morgan fingerprint density at radius 3 is 0.798 bits per heavy atom. The van der Waals surface area contributed by atoms with Crippen LogP contribution in [0.3, 0.4) is 0 Å². The first-order chi connectivity index (χ1) is 42.6. The molecule has 0 saturated carbocycles. The molecule has 0 aromatic rings. The number of carbonyl (C=O) groups is 4. The highest BCUT2D eigenvalue weighted by Gasteiger charge is 2.30. The number of hydrogen-bond acceptors (Lipinski definition) is 15. The molecule has 3 N–H and O–H groups in total. The van der Waals surface area contributed by atoms with Crippen LogP contribution in [0.5, 0.6) is 0 Å². The zero-order valence-electron chi connectivity index (χ0n) is 58.1. The molecule has 528 valence electrons. The summed E-state index contributed by atoms with van der Waals surface area (Å²) in [5, 5.41) is 10.6. The summed E-state index contributed by atoms with van der Waals surface area (Å²) in [5.74, 6) is 0.825. The smallest absolute Gasteiger partial charge is 0.462 e. The van der Waals surface area contributed by atoms with Crippen LogP contribution >= 0.6 is 15.6 Å². The highest BCUT2D eigenvalue weighted by atomic mass is 31.2. The topological polar surface area (TPSA) is 237 Å². The van der Waals surface area contributed by atoms with Gasteiger partial charge in [-0.2, -0.15) is 0 Å². The van der Waals surface area contributed by atoms with Gasteiger partial charge in [-0.15, -0.1) is 0 Å². The van der Waals surface area contributed by atoms with Gasteiger partial charge >= 0.3 is 39.5 Å². The number of hydrogen-bond donors (Lipinski definition) is 3. The predicted molar refractivity (Wildman–Crippen MR) is 358 cm³/mol. The van der Waals surface area contributed by atoms with Crippen LogP contribution in [0.1, 0.15) is 344 Å². The molecular formula is C70H136O17P2. The second kappa shape index (κ2) is 59.8. The van der Waals surface area contributed by atoms with Gasteiger partial charge in [-0.25, -0.2) is 9.13 Å². The van der Waals surface area contributed by atoms with Crippen LogP contribution < -0.4 is 0 Å². The van der Waals surface area contributed by atoms with Gasteiger partial charge in [-0.3, -0.25) is 37.3 Å². The Morgan fingerprint density at radius 1 is 0.315 bits per heavy atom. The van der Waals surface area contributed by atoms with Crippen molar-refractivity contribution in [2.24, 2.45) is 23.7 Å². The second-order valence-electron chi connectivity index (χ2n) is 26.9. The molecule has 0 rings (SSSR count). The highest BCUT2D eigenvalue weighted by molar-refractivity contribution is 7.47. The van der Waals surface area contributed by atoms with Crippen molar-refractivity contribution >= 4 is 39.5 Å². The van der Waals surface area contributed by atoms with E-state index in [-0.39, 0.29) is 25.7 Å². The molecule has 3 unspecified atom stereocenters. The summed E-state index contributed by atoms with van der Waals surface area (Å²) in [7, 11) is -9.90. The lowest BCUT2D eigenvalue weighted by molar-refractivity contribution is -0.161. The highest BCUT2D eigenvalue weighted by Crippen LogP contribution is 2.45. The zero-order valence-corrected chi connectivity index (χ0v) is 59.8. The van der Waals surface area contributed by atoms with E-state index >= 15 is 0 Å². The van der Waals surface area contributed by atoms with Gasteiger partial charge in [0, 0.05) is 25.7 Å². The molecule has 0 radical (unpaired) electrons. The molecule has 0 aliphatic carbocycles. The van der Waals surface area contributed by atoms with E-state index in [4.69, 9.17) is 37.0 Å². The van der Waals surface area contributed by atoms with Crippen molar-refractivity contribution in [3.63, 3.8) is 0 Å². The fourth-order valence-electron chi connectivity index (χ4n) is 10.5. The summed E-state index contributed by atoms with van der Waals surface area (Å²) < 4.78 is 68.2. The summed E-state index contributed by atoms with van der Waals surface area (Å²) >= 11 is 0. The monoisotopic (exact) mass is 1310 g/mol. The lowest BCUT2D eigenvalue weighted by Crippen LogP contribution is -2.30. The number of carbonyl (C=O) groups excluding carboxylic acids is 4. The molecule has 0 fully saturated rings. The molecule has 0 aliphatic rings. The van der Waals surface area contributed by atoms with Crippen LogP contribution in [0.2, 0.25) is 0 Å². The Labute approximate surface area is 543 Å². The van der Waals surface area contributed by atoms with Gasteiger partial charge in [0.15, 0.2) is 12.2 Å². The maximum Gasteiger partial charge on any atom is 0.472 e. The van der Waals surface area contributed by atoms with Crippen LogP contribution in [0, 0.1) is 23.7 Å². The van der Waals surface area contributed by atoms with Gasteiger partial charge in [0.25, 0.3) is 0 Å². The summed E-state index contributed by atoms with van der Waals surface area (Å²) in [5.41, 5.74) is 0. The lowest BCUT2D eigenvalue weighted by Gasteiger charge is -2.21. The van der Waals surface area contributed by atoms with Crippen LogP contribution in [0.15, 0.2) is 0 Å². The molecule has 0 amide bonds. The van der Waals surface area contributed by atoms with Gasteiger partial charge in [0.05, 0.1) is 26.4 Å². The molecule has 0 heterocycles. The average molecular weight is 1310 g/mol. The lowest BCUT2D eigenvalue weighted by atomic mass is 10.00. The maximum atomic E-state index is 13.0. The third kappa shape index (κ3) is 63.2. The Hall–Kier alpha value is -1.94. The van der Waals surface area contributed by atoms with E-state index in [1.54, 1.807) is 0 Å². The molecule has 0 aromatic carbocycles. The molecule has 0 bridgehead atoms. The molecule has 6 atom stereocenters. The second-order valence-corrected chi connectivity index (χ2v) is 29.8. The predicted octanol–water partition coefficient (Wildman–Crippen LogP) is 19.7. The van der Waals surface area contributed by atoms with Gasteiger partial charge in [0.1, 0.15) is 19.3 Å². The summed E-state index contributed by atoms with van der Waals surface area (Å²) in [4.78, 5) is 72.5. The van der Waals surface area contributed by atoms with E-state index in [1.807, 2.05) is 0 Å². The number of ether oxygens (including phenoxy) is 4. The Kier molecular flexibility index (Phi) is 58.5. The first-order valence-electron chi connectivity index (χ1n) is 36.2. The first kappa shape index (κ1) is 87.1. The third-order valence-corrected chi connectivity index (χ3v) is 18.3. The van der Waals surface area contributed by atoms with Gasteiger partial charge in [0.2, 0.25) is 0 Å². The first-order valence-corrected chi connectivity index (χ1v) is 39.2. The molecule has 0 spiro atoms. The van der Waals surface area contributed by atoms with E-state index in [2.05, 4.69) is 55.4 Å². The fourth-order valence-corrected chi connectivity index (χ4v) is 12.0. The number of phosphoric acid groups is 2. The largest absolute Gasteiger partial charge is 0.472 e. The molecule has 0 saturated heterocycles. The van der Waals surface area contributed by atoms with Crippen molar-refractivity contribution in [2.45, 2.75) is 363 Å². The number of unbranched alkanes of at least 4 members (excludes halogenated alkanes) is 32. The normalized spacial score (nSPS) is 14.6. The average Bonchev–Trinajstić information content (AvgIpc) is 3.68. The number of rotatable bonds is 67. The minimum atomic E-state index is -4.95. The molecule has 0 aliphatic heterocycles. The van der Waals surface area contributed by atoms with Crippen molar-refractivity contribution < 1.29 is 80.2 Å². The van der Waals surface area contributed by atoms with Crippen molar-refractivity contribution in [3.05, 3.63) is 0 Å². The third-order valence-electron chi connectivity index (χ3n) is 16.4. The minimum absolute atomic E-state index is 0.104. The number of phosphoric ester groups is 2. The Morgan fingerprint density at radius 2 is 0.539 bits per heavy atom. The quantitative estimate of drug-likeness (QED) is 0.0222. The fraction of sp³-hybridized carbons (Fsp3) is 0.943. The van der Waals surface area contributed by atoms with Gasteiger partial charge in [-0.05, 0) is 49.4 Å². The Bertz CT molecular complexity index is 1770. The maximum absolute atomic E-state index is 13.0. The van der Waals surface area contributed by atoms with Crippen LogP contribution in [0.25, 0.3) is 0 Å². The number of esters is 4. The molecule has 0 aromatic heterocycles. The van der Waals surface area contributed by atoms with E-state index in [0.29, 0.717) is 31.6 Å². The van der Waals surface area contributed by atoms with Gasteiger partial charge < -0.3 is 33.8 Å². The summed E-state index contributed by atoms with van der Waals surface area (Å²) in [6.45, 7) is 14.0. The molecule has 17 nitrogen and oxygen atoms in total. The Balaban J connectivity index is 5.23. The SMILES string of the molecule is CCC(C)CCCCCCCCC(=O)OC[C@H](COP(=O)(O)OC[C@H](O)COP(=O)(O)OC[C@@H](COC(=O)CCCCCCCCC(C)C)OC(=O)CCCCCCCCCCCCC(C)C)OC(=O)CCCCCCCCCCCCCCCCC(C)C. The van der Waals surface area contributed by atoms with Crippen LogP contribution in [0.4, 0.5) is 0 Å². The van der Waals surface area contributed by atoms with Crippen molar-refractivity contribution in [1.82, 2.24) is 0 Å². The van der Waals surface area contributed by atoms with E-state index in [0.717, 1.165) is 120 Å². The van der Waals surface area contributed by atoms with Crippen molar-refractivity contribution in [3.8, 4) is 0 Å². The molecular weight excluding hydrogens is 1170 g/mol. The number of aliphatic hydroxyl groups excluding tert-OH is 1. The standard InChI is InChI=1S/C70H136O17P2/c1-9-63(8)49-41-33-27-29-35-43-51-68(73)81-57-66(87-69(74)52-44-36-24-20-15-13-11-10-12-14-18-22-30-38-46-60(2)3)59-85-89(78,79)83-55-64(71)54-82-88(76,77)84-58-65(56-80-67(72)50-42-34-28-26-32-40-48-62(6)7)86-70(75)53-45-37-25-21-17-16-19-23-31-39-47-61(4)5/h60-66,71H,9-59H2,1-8H3,(H,76,77)(H,78,79)/t63?,64-,65-,66-/m1/s1. The van der Waals surface area contributed by atoms with E-state index in [1.165, 1.54) is 135 Å². The summed E-state index contributed by atoms with van der Waals surface area (Å²) in [6, 6.07) is 0. The van der Waals surface area contributed by atoms with Crippen LogP contribution in [-0.4, -0.2) is 96.7 Å². The molecule has 89 heavy (non-hydrogen) atoms. The van der Waals surface area contributed by atoms with E-state index < -0.39 is 97.5 Å². The minimum Gasteiger partial charge on any atom is -0.462 e. The van der Waals surface area contributed by atoms with Gasteiger partial charge in [-0.1, -0.05) is 293 Å². The van der Waals surface area contributed by atoms with E-state index in [9.17, 15) is 43.2 Å². The van der Waals surface area contributed by atoms with Crippen molar-refractivity contribution in [1.29, 1.82) is 0 Å². The number of aliphatic hydroxyl groups is 1. The van der Waals surface area contributed by atoms with Crippen molar-refractivity contribution in [2.75, 3.05) is 39.6 Å². The summed E-state index contributed by atoms with van der Waals surface area (Å²) in [6.07, 6.45) is 41.9. The van der Waals surface area contributed by atoms with Crippen LogP contribution in [-0.2, 0) is 65.4 Å². The zero-order chi connectivity index (χ0) is 66.1. The molecule has 19 heteroatoms.